The second kappa shape index (κ2) is 11.1. The second-order valence-corrected chi connectivity index (χ2v) is 9.24. The van der Waals surface area contributed by atoms with E-state index in [0.717, 1.165) is 9.87 Å². The third-order valence-corrected chi connectivity index (χ3v) is 6.89. The maximum atomic E-state index is 13.0. The topological polar surface area (TPSA) is 135 Å². The molecule has 1 fully saturated rings. The molecule has 0 spiro atoms. The smallest absolute Gasteiger partial charge is 0.374 e. The molecule has 1 unspecified atom stereocenters. The van der Waals surface area contributed by atoms with Crippen molar-refractivity contribution in [3.8, 4) is 0 Å². The number of amides is 2. The third-order valence-electron chi connectivity index (χ3n) is 5.11. The van der Waals surface area contributed by atoms with Crippen LogP contribution in [0.15, 0.2) is 52.0 Å². The first kappa shape index (κ1) is 24.5. The van der Waals surface area contributed by atoms with E-state index in [1.807, 2.05) is 30.3 Å². The van der Waals surface area contributed by atoms with Crippen molar-refractivity contribution in [3.63, 3.8) is 0 Å². The molecular weight excluding hydrogens is 450 g/mol. The molecule has 1 aliphatic heterocycles. The van der Waals surface area contributed by atoms with Crippen LogP contribution in [0.1, 0.15) is 42.3 Å². The van der Waals surface area contributed by atoms with Crippen molar-refractivity contribution >= 4 is 27.8 Å². The van der Waals surface area contributed by atoms with Crippen molar-refractivity contribution in [1.29, 1.82) is 0 Å². The van der Waals surface area contributed by atoms with E-state index in [0.29, 0.717) is 19.4 Å². The number of sulfonamides is 1. The molecule has 11 heteroatoms. The highest BCUT2D eigenvalue weighted by atomic mass is 32.2. The summed E-state index contributed by atoms with van der Waals surface area (Å²) in [7, 11) is -4.12. The van der Waals surface area contributed by atoms with E-state index in [9.17, 15) is 22.8 Å². The maximum absolute atomic E-state index is 13.0. The summed E-state index contributed by atoms with van der Waals surface area (Å²) in [6.45, 7) is 2.36. The first-order valence-electron chi connectivity index (χ1n) is 10.7. The third kappa shape index (κ3) is 6.20. The molecule has 33 heavy (non-hydrogen) atoms. The van der Waals surface area contributed by atoms with Crippen LogP contribution in [-0.4, -0.2) is 56.2 Å². The second-order valence-electron chi connectivity index (χ2n) is 7.42. The zero-order valence-electron chi connectivity index (χ0n) is 18.3. The van der Waals surface area contributed by atoms with Crippen LogP contribution in [0.4, 0.5) is 0 Å². The van der Waals surface area contributed by atoms with Crippen molar-refractivity contribution in [1.82, 2.24) is 14.9 Å². The molecule has 2 N–H and O–H groups in total. The maximum Gasteiger partial charge on any atom is 0.374 e. The van der Waals surface area contributed by atoms with Gasteiger partial charge >= 0.3 is 5.97 Å². The number of carbonyl (C=O) groups excluding carboxylic acids is 3. The molecule has 1 aromatic heterocycles. The molecule has 10 nitrogen and oxygen atoms in total. The van der Waals surface area contributed by atoms with Crippen LogP contribution < -0.4 is 10.6 Å². The van der Waals surface area contributed by atoms with Crippen molar-refractivity contribution in [2.45, 2.75) is 43.9 Å². The van der Waals surface area contributed by atoms with Gasteiger partial charge in [0.15, 0.2) is 0 Å². The molecule has 2 amide bonds. The standard InChI is InChI=1S/C22H27N3O7S/c1-2-31-22(28)18-10-11-20(32-18)33(29,30)25-14-6-9-17(25)21(27)23-13-12-19(26)24-15-16-7-4-3-5-8-16/h3-5,7-8,10-11,17H,2,6,9,12-15H2,1H3,(H,23,27)(H,24,26). The summed E-state index contributed by atoms with van der Waals surface area (Å²) in [4.78, 5) is 36.4. The zero-order chi connectivity index (χ0) is 23.8. The number of nitrogens with one attached hydrogen (secondary N) is 2. The van der Waals surface area contributed by atoms with Gasteiger partial charge in [-0.05, 0) is 37.5 Å². The fourth-order valence-corrected chi connectivity index (χ4v) is 5.05. The van der Waals surface area contributed by atoms with Gasteiger partial charge in [-0.3, -0.25) is 9.59 Å². The molecule has 1 aromatic carbocycles. The quantitative estimate of drug-likeness (QED) is 0.494. The fourth-order valence-electron chi connectivity index (χ4n) is 3.48. The lowest BCUT2D eigenvalue weighted by molar-refractivity contribution is -0.124. The van der Waals surface area contributed by atoms with E-state index in [-0.39, 0.29) is 37.8 Å². The van der Waals surface area contributed by atoms with Crippen molar-refractivity contribution < 1.29 is 32.0 Å². The average molecular weight is 478 g/mol. The Labute approximate surface area is 192 Å². The Morgan fingerprint density at radius 1 is 1.12 bits per heavy atom. The van der Waals surface area contributed by atoms with Gasteiger partial charge in [0.2, 0.25) is 22.7 Å². The fraction of sp³-hybridized carbons (Fsp3) is 0.409. The Bertz CT molecular complexity index is 1080. The first-order chi connectivity index (χ1) is 15.8. The van der Waals surface area contributed by atoms with E-state index < -0.39 is 33.0 Å². The summed E-state index contributed by atoms with van der Waals surface area (Å²) in [6.07, 6.45) is 0.913. The summed E-state index contributed by atoms with van der Waals surface area (Å²) in [5.74, 6) is -1.70. The molecule has 0 radical (unpaired) electrons. The number of furan rings is 1. The Balaban J connectivity index is 1.53. The van der Waals surface area contributed by atoms with Crippen LogP contribution in [0.3, 0.4) is 0 Å². The highest BCUT2D eigenvalue weighted by Gasteiger charge is 2.41. The van der Waals surface area contributed by atoms with Gasteiger partial charge in [0.1, 0.15) is 6.04 Å². The lowest BCUT2D eigenvalue weighted by atomic mass is 10.2. The summed E-state index contributed by atoms with van der Waals surface area (Å²) < 4.78 is 37.0. The lowest BCUT2D eigenvalue weighted by Crippen LogP contribution is -2.46. The molecule has 0 saturated carbocycles. The van der Waals surface area contributed by atoms with Gasteiger partial charge in [-0.15, -0.1) is 0 Å². The molecule has 1 saturated heterocycles. The minimum atomic E-state index is -4.12. The number of carbonyl (C=O) groups is 3. The minimum absolute atomic E-state index is 0.0686. The number of benzene rings is 1. The van der Waals surface area contributed by atoms with Crippen molar-refractivity contribution in [3.05, 3.63) is 53.8 Å². The highest BCUT2D eigenvalue weighted by molar-refractivity contribution is 7.89. The van der Waals surface area contributed by atoms with Gasteiger partial charge in [0.25, 0.3) is 10.0 Å². The monoisotopic (exact) mass is 477 g/mol. The molecule has 0 aliphatic carbocycles. The molecule has 178 valence electrons. The molecule has 0 bridgehead atoms. The van der Waals surface area contributed by atoms with Crippen molar-refractivity contribution in [2.75, 3.05) is 19.7 Å². The van der Waals surface area contributed by atoms with Crippen LogP contribution >= 0.6 is 0 Å². The number of nitrogens with zero attached hydrogens (tertiary/aromatic N) is 1. The summed E-state index contributed by atoms with van der Waals surface area (Å²) in [5.41, 5.74) is 0.964. The molecule has 2 aromatic rings. The average Bonchev–Trinajstić information content (AvgIpc) is 3.49. The predicted molar refractivity (Wildman–Crippen MR) is 117 cm³/mol. The predicted octanol–water partition coefficient (Wildman–Crippen LogP) is 1.43. The van der Waals surface area contributed by atoms with Gasteiger partial charge in [-0.1, -0.05) is 30.3 Å². The number of rotatable bonds is 10. The van der Waals surface area contributed by atoms with E-state index in [2.05, 4.69) is 10.6 Å². The van der Waals surface area contributed by atoms with Crippen LogP contribution in [0, 0.1) is 0 Å². The van der Waals surface area contributed by atoms with E-state index in [4.69, 9.17) is 9.15 Å². The summed E-state index contributed by atoms with van der Waals surface area (Å²) >= 11 is 0. The minimum Gasteiger partial charge on any atom is -0.460 e. The Morgan fingerprint density at radius 2 is 1.88 bits per heavy atom. The highest BCUT2D eigenvalue weighted by Crippen LogP contribution is 2.27. The van der Waals surface area contributed by atoms with Gasteiger partial charge in [0.05, 0.1) is 6.61 Å². The summed E-state index contributed by atoms with van der Waals surface area (Å²) in [5, 5.41) is 4.98. The number of hydrogen-bond acceptors (Lipinski definition) is 7. The van der Waals surface area contributed by atoms with Crippen molar-refractivity contribution in [2.24, 2.45) is 0 Å². The number of hydrogen-bond donors (Lipinski definition) is 2. The van der Waals surface area contributed by atoms with Crippen LogP contribution in [-0.2, 0) is 30.9 Å². The Morgan fingerprint density at radius 3 is 2.61 bits per heavy atom. The van der Waals surface area contributed by atoms with Crippen LogP contribution in [0.25, 0.3) is 0 Å². The van der Waals surface area contributed by atoms with Gasteiger partial charge in [0, 0.05) is 26.1 Å². The number of esters is 1. The number of ether oxygens (including phenoxy) is 1. The van der Waals surface area contributed by atoms with Gasteiger partial charge in [-0.2, -0.15) is 4.31 Å². The zero-order valence-corrected chi connectivity index (χ0v) is 19.1. The summed E-state index contributed by atoms with van der Waals surface area (Å²) in [6, 6.07) is 10.9. The molecule has 3 rings (SSSR count). The van der Waals surface area contributed by atoms with E-state index >= 15 is 0 Å². The van der Waals surface area contributed by atoms with Gasteiger partial charge in [-0.25, -0.2) is 13.2 Å². The van der Waals surface area contributed by atoms with Crippen LogP contribution in [0.2, 0.25) is 0 Å². The molecule has 1 aliphatic rings. The molecule has 2 heterocycles. The molecular formula is C22H27N3O7S. The Hall–Kier alpha value is -3.18. The van der Waals surface area contributed by atoms with E-state index in [1.165, 1.54) is 12.1 Å². The SMILES string of the molecule is CCOC(=O)c1ccc(S(=O)(=O)N2CCCC2C(=O)NCCC(=O)NCc2ccccc2)o1. The first-order valence-corrected chi connectivity index (χ1v) is 12.1. The van der Waals surface area contributed by atoms with E-state index in [1.54, 1.807) is 6.92 Å². The normalized spacial score (nSPS) is 16.3. The largest absolute Gasteiger partial charge is 0.460 e. The van der Waals surface area contributed by atoms with Crippen LogP contribution in [0.5, 0.6) is 0 Å². The molecule has 1 atom stereocenters. The van der Waals surface area contributed by atoms with Gasteiger partial charge < -0.3 is 19.8 Å². The Kier molecular flexibility index (Phi) is 8.23. The lowest BCUT2D eigenvalue weighted by Gasteiger charge is -2.22.